The monoisotopic (exact) mass is 246 g/mol. The second-order valence-electron chi connectivity index (χ2n) is 4.64. The van der Waals surface area contributed by atoms with Crippen LogP contribution in [0, 0.1) is 0 Å². The zero-order valence-electron chi connectivity index (χ0n) is 11.6. The molecule has 0 aromatic carbocycles. The highest BCUT2D eigenvalue weighted by Crippen LogP contribution is 2.27. The van der Waals surface area contributed by atoms with Crippen LogP contribution in [0.4, 0.5) is 0 Å². The quantitative estimate of drug-likeness (QED) is 0.672. The number of hydrogen-bond acceptors (Lipinski definition) is 4. The van der Waals surface area contributed by atoms with Gasteiger partial charge in [0.15, 0.2) is 0 Å². The van der Waals surface area contributed by atoms with Crippen LogP contribution >= 0.6 is 0 Å². The van der Waals surface area contributed by atoms with Crippen molar-refractivity contribution in [3.05, 3.63) is 0 Å². The molecule has 0 aromatic rings. The molecular formula is C13H26O4. The van der Waals surface area contributed by atoms with Gasteiger partial charge in [0.05, 0.1) is 12.2 Å². The van der Waals surface area contributed by atoms with E-state index in [0.717, 1.165) is 19.4 Å². The molecule has 0 spiro atoms. The van der Waals surface area contributed by atoms with Crippen molar-refractivity contribution in [2.45, 2.75) is 64.1 Å². The lowest BCUT2D eigenvalue weighted by Gasteiger charge is -2.43. The van der Waals surface area contributed by atoms with E-state index in [4.69, 9.17) is 18.9 Å². The first-order valence-corrected chi connectivity index (χ1v) is 6.48. The van der Waals surface area contributed by atoms with Crippen LogP contribution in [-0.4, -0.2) is 51.3 Å². The van der Waals surface area contributed by atoms with Gasteiger partial charge in [-0.25, -0.2) is 0 Å². The molecule has 102 valence electrons. The van der Waals surface area contributed by atoms with Crippen LogP contribution in [0.1, 0.15) is 33.6 Å². The molecule has 17 heavy (non-hydrogen) atoms. The topological polar surface area (TPSA) is 36.9 Å². The second-order valence-corrected chi connectivity index (χ2v) is 4.64. The fraction of sp³-hybridized carbons (Fsp3) is 1.00. The van der Waals surface area contributed by atoms with Crippen molar-refractivity contribution < 1.29 is 18.9 Å². The van der Waals surface area contributed by atoms with Gasteiger partial charge < -0.3 is 18.9 Å². The van der Waals surface area contributed by atoms with E-state index in [1.165, 1.54) is 0 Å². The van der Waals surface area contributed by atoms with E-state index in [0.29, 0.717) is 0 Å². The van der Waals surface area contributed by atoms with E-state index in [1.54, 1.807) is 14.2 Å². The molecule has 1 rings (SSSR count). The van der Waals surface area contributed by atoms with E-state index < -0.39 is 0 Å². The summed E-state index contributed by atoms with van der Waals surface area (Å²) in [7, 11) is 3.40. The minimum atomic E-state index is -0.0620. The van der Waals surface area contributed by atoms with E-state index in [2.05, 4.69) is 6.92 Å². The molecule has 1 aliphatic rings. The minimum Gasteiger partial charge on any atom is -0.376 e. The Balaban J connectivity index is 2.66. The first-order valence-electron chi connectivity index (χ1n) is 6.48. The molecule has 1 heterocycles. The Morgan fingerprint density at radius 3 is 1.88 bits per heavy atom. The van der Waals surface area contributed by atoms with Crippen molar-refractivity contribution in [3.8, 4) is 0 Å². The Morgan fingerprint density at radius 1 is 0.941 bits per heavy atom. The summed E-state index contributed by atoms with van der Waals surface area (Å²) in [5.41, 5.74) is 0. The summed E-state index contributed by atoms with van der Waals surface area (Å²) in [6.45, 7) is 6.94. The molecule has 1 aliphatic heterocycles. The molecule has 4 nitrogen and oxygen atoms in total. The van der Waals surface area contributed by atoms with Crippen molar-refractivity contribution >= 4 is 0 Å². The summed E-state index contributed by atoms with van der Waals surface area (Å²) < 4.78 is 22.7. The van der Waals surface area contributed by atoms with E-state index >= 15 is 0 Å². The summed E-state index contributed by atoms with van der Waals surface area (Å²) in [6.07, 6.45) is 2.09. The van der Waals surface area contributed by atoms with Gasteiger partial charge in [-0.2, -0.15) is 0 Å². The SMILES string of the molecule is CCCCOC1[C@@H](OC)[C@H](C)O[C@@H](C)[C@@H]1OC. The summed E-state index contributed by atoms with van der Waals surface area (Å²) in [4.78, 5) is 0. The molecule has 0 unspecified atom stereocenters. The Labute approximate surface area is 105 Å². The van der Waals surface area contributed by atoms with Crippen molar-refractivity contribution in [2.24, 2.45) is 0 Å². The van der Waals surface area contributed by atoms with E-state index in [1.807, 2.05) is 13.8 Å². The average Bonchev–Trinajstić information content (AvgIpc) is 2.29. The second kappa shape index (κ2) is 7.31. The third-order valence-electron chi connectivity index (χ3n) is 3.35. The van der Waals surface area contributed by atoms with Crippen LogP contribution in [-0.2, 0) is 18.9 Å². The maximum Gasteiger partial charge on any atom is 0.115 e. The van der Waals surface area contributed by atoms with Crippen LogP contribution in [0.5, 0.6) is 0 Å². The highest BCUT2D eigenvalue weighted by Gasteiger charge is 2.43. The van der Waals surface area contributed by atoms with Gasteiger partial charge in [0.2, 0.25) is 0 Å². The van der Waals surface area contributed by atoms with Crippen LogP contribution in [0.25, 0.3) is 0 Å². The predicted octanol–water partition coefficient (Wildman–Crippen LogP) is 2.01. The molecule has 1 saturated heterocycles. The maximum absolute atomic E-state index is 5.94. The zero-order chi connectivity index (χ0) is 12.8. The molecule has 1 fully saturated rings. The largest absolute Gasteiger partial charge is 0.376 e. The van der Waals surface area contributed by atoms with Gasteiger partial charge in [-0.05, 0) is 20.3 Å². The lowest BCUT2D eigenvalue weighted by Crippen LogP contribution is -2.58. The van der Waals surface area contributed by atoms with Gasteiger partial charge in [-0.3, -0.25) is 0 Å². The maximum atomic E-state index is 5.94. The number of unbranched alkanes of at least 4 members (excludes halogenated alkanes) is 1. The summed E-state index contributed by atoms with van der Waals surface area (Å²) in [6, 6.07) is 0. The third-order valence-corrected chi connectivity index (χ3v) is 3.35. The van der Waals surface area contributed by atoms with Crippen molar-refractivity contribution in [1.29, 1.82) is 0 Å². The van der Waals surface area contributed by atoms with Crippen molar-refractivity contribution in [1.82, 2.24) is 0 Å². The third kappa shape index (κ3) is 3.65. The fourth-order valence-corrected chi connectivity index (χ4v) is 2.42. The van der Waals surface area contributed by atoms with Gasteiger partial charge in [0.1, 0.15) is 18.3 Å². The molecule has 0 amide bonds. The summed E-state index contributed by atoms with van der Waals surface area (Å²) in [5.74, 6) is 0. The predicted molar refractivity (Wildman–Crippen MR) is 66.3 cm³/mol. The van der Waals surface area contributed by atoms with E-state index in [9.17, 15) is 0 Å². The van der Waals surface area contributed by atoms with Gasteiger partial charge >= 0.3 is 0 Å². The van der Waals surface area contributed by atoms with Crippen LogP contribution < -0.4 is 0 Å². The molecule has 0 N–H and O–H groups in total. The lowest BCUT2D eigenvalue weighted by molar-refractivity contribution is -0.239. The van der Waals surface area contributed by atoms with Gasteiger partial charge in [-0.1, -0.05) is 13.3 Å². The molecule has 0 saturated carbocycles. The fourth-order valence-electron chi connectivity index (χ4n) is 2.42. The normalized spacial score (nSPS) is 38.3. The highest BCUT2D eigenvalue weighted by molar-refractivity contribution is 4.92. The Bertz CT molecular complexity index is 194. The standard InChI is InChI=1S/C13H26O4/c1-6-7-8-16-13-11(14-4)9(2)17-10(3)12(13)15-5/h9-13H,6-8H2,1-5H3/t9-,10-,11-,12-/m0/s1. The van der Waals surface area contributed by atoms with Crippen molar-refractivity contribution in [2.75, 3.05) is 20.8 Å². The number of hydrogen-bond donors (Lipinski definition) is 0. The summed E-state index contributed by atoms with van der Waals surface area (Å²) >= 11 is 0. The molecule has 0 bridgehead atoms. The lowest BCUT2D eigenvalue weighted by atomic mass is 9.96. The Morgan fingerprint density at radius 2 is 1.47 bits per heavy atom. The molecule has 4 atom stereocenters. The molecule has 0 radical (unpaired) electrons. The smallest absolute Gasteiger partial charge is 0.115 e. The number of ether oxygens (including phenoxy) is 4. The molecule has 0 aliphatic carbocycles. The molecular weight excluding hydrogens is 220 g/mol. The zero-order valence-corrected chi connectivity index (χ0v) is 11.6. The number of methoxy groups -OCH3 is 2. The Hall–Kier alpha value is -0.160. The average molecular weight is 246 g/mol. The first-order chi connectivity index (χ1) is 8.15. The molecule has 0 aromatic heterocycles. The van der Waals surface area contributed by atoms with Crippen LogP contribution in [0.3, 0.4) is 0 Å². The van der Waals surface area contributed by atoms with Crippen molar-refractivity contribution in [3.63, 3.8) is 0 Å². The minimum absolute atomic E-state index is 0.0352. The Kier molecular flexibility index (Phi) is 6.41. The van der Waals surface area contributed by atoms with Crippen LogP contribution in [0.15, 0.2) is 0 Å². The first kappa shape index (κ1) is 14.9. The summed E-state index contributed by atoms with van der Waals surface area (Å²) in [5, 5.41) is 0. The van der Waals surface area contributed by atoms with Gasteiger partial charge in [0, 0.05) is 20.8 Å². The van der Waals surface area contributed by atoms with Crippen LogP contribution in [0.2, 0.25) is 0 Å². The molecule has 4 heteroatoms. The van der Waals surface area contributed by atoms with E-state index in [-0.39, 0.29) is 30.5 Å². The highest BCUT2D eigenvalue weighted by atomic mass is 16.6. The number of rotatable bonds is 6. The van der Waals surface area contributed by atoms with Gasteiger partial charge in [0.25, 0.3) is 0 Å². The van der Waals surface area contributed by atoms with Gasteiger partial charge in [-0.15, -0.1) is 0 Å².